The maximum Gasteiger partial charge on any atom is 0.220 e. The number of nitrogen functional groups attached to an aromatic ring is 1. The quantitative estimate of drug-likeness (QED) is 0.613. The Labute approximate surface area is 184 Å². The number of nitrogens with two attached hydrogens (primary N) is 1. The molecule has 1 aliphatic heterocycles. The van der Waals surface area contributed by atoms with Crippen LogP contribution in [0.3, 0.4) is 0 Å². The second kappa shape index (κ2) is 6.99. The molecule has 0 aromatic carbocycles. The molecule has 6 rings (SSSR count). The van der Waals surface area contributed by atoms with Crippen molar-refractivity contribution in [1.82, 2.24) is 19.5 Å². The number of nitrogens with zero attached hydrogens (tertiary/aromatic N) is 4. The molecule has 32 heavy (non-hydrogen) atoms. The Kier molecular flexibility index (Phi) is 4.29. The molecule has 7 nitrogen and oxygen atoms in total. The van der Waals surface area contributed by atoms with Gasteiger partial charge in [0.25, 0.3) is 0 Å². The summed E-state index contributed by atoms with van der Waals surface area (Å²) in [6, 6.07) is 2.04. The molecule has 2 aliphatic carbocycles. The standard InChI is InChI=1S/C24H24FN5O2/c1-24(31,14-4-5-14)7-6-15-8-17-18(21-19(25)9-27-23(26)29-21)10-30(16-11-32-12-16)22(17)20(28-15)13-2-3-13/h8-10,13-14,16,31H,2-5,11-12H2,1H3,(H2,26,27,29). The molecule has 3 aliphatic rings. The van der Waals surface area contributed by atoms with Crippen molar-refractivity contribution >= 4 is 16.9 Å². The first kappa shape index (κ1) is 19.6. The van der Waals surface area contributed by atoms with Crippen molar-refractivity contribution in [3.05, 3.63) is 35.7 Å². The number of aliphatic hydroxyl groups is 1. The molecule has 1 saturated heterocycles. The normalized spacial score (nSPS) is 20.5. The molecular weight excluding hydrogens is 409 g/mol. The third-order valence-electron chi connectivity index (χ3n) is 6.65. The smallest absolute Gasteiger partial charge is 0.220 e. The first-order chi connectivity index (χ1) is 15.4. The number of hydrogen-bond donors (Lipinski definition) is 2. The van der Waals surface area contributed by atoms with Crippen molar-refractivity contribution < 1.29 is 14.2 Å². The van der Waals surface area contributed by atoms with E-state index < -0.39 is 11.4 Å². The Bertz CT molecular complexity index is 1290. The Morgan fingerprint density at radius 3 is 2.69 bits per heavy atom. The average molecular weight is 433 g/mol. The number of halogens is 1. The van der Waals surface area contributed by atoms with Crippen LogP contribution in [-0.4, -0.2) is 43.4 Å². The van der Waals surface area contributed by atoms with Gasteiger partial charge in [0, 0.05) is 23.1 Å². The molecule has 3 aromatic heterocycles. The van der Waals surface area contributed by atoms with E-state index in [1.54, 1.807) is 6.92 Å². The first-order valence-electron chi connectivity index (χ1n) is 11.1. The first-order valence-corrected chi connectivity index (χ1v) is 11.1. The highest BCUT2D eigenvalue weighted by Gasteiger charge is 2.39. The van der Waals surface area contributed by atoms with Crippen molar-refractivity contribution in [2.45, 2.75) is 50.2 Å². The minimum atomic E-state index is -1.03. The molecule has 164 valence electrons. The van der Waals surface area contributed by atoms with Crippen LogP contribution in [0.1, 0.15) is 56.0 Å². The summed E-state index contributed by atoms with van der Waals surface area (Å²) in [4.78, 5) is 12.9. The lowest BCUT2D eigenvalue weighted by molar-refractivity contribution is -0.0214. The fraction of sp³-hybridized carbons (Fsp3) is 0.458. The molecule has 3 fully saturated rings. The number of anilines is 1. The van der Waals surface area contributed by atoms with E-state index in [0.29, 0.717) is 30.4 Å². The highest BCUT2D eigenvalue weighted by atomic mass is 19.1. The molecule has 2 saturated carbocycles. The van der Waals surface area contributed by atoms with Crippen LogP contribution in [0.4, 0.5) is 10.3 Å². The van der Waals surface area contributed by atoms with E-state index in [4.69, 9.17) is 15.5 Å². The van der Waals surface area contributed by atoms with Gasteiger partial charge < -0.3 is 20.1 Å². The molecule has 3 aromatic rings. The molecule has 1 atom stereocenters. The minimum Gasteiger partial charge on any atom is -0.378 e. The van der Waals surface area contributed by atoms with E-state index in [2.05, 4.69) is 26.4 Å². The van der Waals surface area contributed by atoms with Gasteiger partial charge in [0.2, 0.25) is 5.95 Å². The van der Waals surface area contributed by atoms with Crippen LogP contribution in [0.25, 0.3) is 22.2 Å². The van der Waals surface area contributed by atoms with Gasteiger partial charge in [-0.2, -0.15) is 0 Å². The summed E-state index contributed by atoms with van der Waals surface area (Å²) in [7, 11) is 0. The van der Waals surface area contributed by atoms with Gasteiger partial charge in [0.1, 0.15) is 17.0 Å². The predicted octanol–water partition coefficient (Wildman–Crippen LogP) is 3.18. The van der Waals surface area contributed by atoms with E-state index in [1.165, 1.54) is 0 Å². The van der Waals surface area contributed by atoms with Crippen LogP contribution < -0.4 is 5.73 Å². The summed E-state index contributed by atoms with van der Waals surface area (Å²) < 4.78 is 22.3. The van der Waals surface area contributed by atoms with Gasteiger partial charge in [-0.05, 0) is 50.5 Å². The van der Waals surface area contributed by atoms with Crippen LogP contribution in [-0.2, 0) is 4.74 Å². The summed E-state index contributed by atoms with van der Waals surface area (Å²) in [5, 5.41) is 11.5. The Balaban J connectivity index is 1.58. The Hall–Kier alpha value is -3.02. The van der Waals surface area contributed by atoms with Crippen molar-refractivity contribution in [2.24, 2.45) is 5.92 Å². The van der Waals surface area contributed by atoms with Gasteiger partial charge in [-0.25, -0.2) is 19.3 Å². The molecule has 1 unspecified atom stereocenters. The number of rotatable bonds is 4. The lowest BCUT2D eigenvalue weighted by Crippen LogP contribution is -2.30. The van der Waals surface area contributed by atoms with Crippen molar-refractivity contribution in [1.29, 1.82) is 0 Å². The molecule has 0 bridgehead atoms. The van der Waals surface area contributed by atoms with Gasteiger partial charge in [-0.3, -0.25) is 0 Å². The summed E-state index contributed by atoms with van der Waals surface area (Å²) >= 11 is 0. The number of aromatic nitrogens is 4. The third-order valence-corrected chi connectivity index (χ3v) is 6.65. The van der Waals surface area contributed by atoms with Gasteiger partial charge in [-0.1, -0.05) is 5.92 Å². The molecule has 0 spiro atoms. The van der Waals surface area contributed by atoms with Gasteiger partial charge in [0.15, 0.2) is 5.82 Å². The van der Waals surface area contributed by atoms with Gasteiger partial charge in [-0.15, -0.1) is 0 Å². The lowest BCUT2D eigenvalue weighted by Gasteiger charge is -2.28. The second-order valence-electron chi connectivity index (χ2n) is 9.30. The maximum absolute atomic E-state index is 14.8. The SMILES string of the molecule is CC(O)(C#Cc1cc2c(-c3nc(N)ncc3F)cn(C3COC3)c2c(C2CC2)n1)C1CC1. The zero-order valence-electron chi connectivity index (χ0n) is 17.8. The number of pyridine rings is 1. The highest BCUT2D eigenvalue weighted by molar-refractivity contribution is 5.97. The largest absolute Gasteiger partial charge is 0.378 e. The van der Waals surface area contributed by atoms with Crippen LogP contribution in [0.5, 0.6) is 0 Å². The van der Waals surface area contributed by atoms with E-state index in [0.717, 1.165) is 48.5 Å². The minimum absolute atomic E-state index is 0.0197. The van der Waals surface area contributed by atoms with Crippen LogP contribution in [0.2, 0.25) is 0 Å². The number of ether oxygens (including phenoxy) is 1. The second-order valence-corrected chi connectivity index (χ2v) is 9.30. The topological polar surface area (TPSA) is 99.1 Å². The average Bonchev–Trinajstić information content (AvgIpc) is 3.63. The van der Waals surface area contributed by atoms with E-state index >= 15 is 0 Å². The zero-order chi connectivity index (χ0) is 22.0. The molecule has 4 heterocycles. The van der Waals surface area contributed by atoms with E-state index in [1.807, 2.05) is 12.3 Å². The summed E-state index contributed by atoms with van der Waals surface area (Å²) in [5.74, 6) is 6.17. The molecule has 0 radical (unpaired) electrons. The monoisotopic (exact) mass is 433 g/mol. The van der Waals surface area contributed by atoms with Crippen molar-refractivity contribution in [3.63, 3.8) is 0 Å². The van der Waals surface area contributed by atoms with E-state index in [9.17, 15) is 9.50 Å². The predicted molar refractivity (Wildman–Crippen MR) is 117 cm³/mol. The summed E-state index contributed by atoms with van der Waals surface area (Å²) in [6.45, 7) is 2.97. The fourth-order valence-corrected chi connectivity index (χ4v) is 4.38. The molecule has 8 heteroatoms. The van der Waals surface area contributed by atoms with Crippen LogP contribution in [0.15, 0.2) is 18.5 Å². The lowest BCUT2D eigenvalue weighted by atomic mass is 10.0. The van der Waals surface area contributed by atoms with E-state index in [-0.39, 0.29) is 23.6 Å². The maximum atomic E-state index is 14.8. The fourth-order valence-electron chi connectivity index (χ4n) is 4.38. The Morgan fingerprint density at radius 1 is 1.25 bits per heavy atom. The third kappa shape index (κ3) is 3.33. The van der Waals surface area contributed by atoms with Crippen LogP contribution >= 0.6 is 0 Å². The molecule has 0 amide bonds. The van der Waals surface area contributed by atoms with Crippen molar-refractivity contribution in [2.75, 3.05) is 18.9 Å². The molecular formula is C24H24FN5O2. The van der Waals surface area contributed by atoms with Crippen LogP contribution in [0, 0.1) is 23.6 Å². The van der Waals surface area contributed by atoms with Crippen molar-refractivity contribution in [3.8, 4) is 23.1 Å². The van der Waals surface area contributed by atoms with Gasteiger partial charge >= 0.3 is 0 Å². The summed E-state index contributed by atoms with van der Waals surface area (Å²) in [5.41, 5.74) is 8.09. The highest BCUT2D eigenvalue weighted by Crippen LogP contribution is 2.45. The number of fused-ring (bicyclic) bond motifs is 1. The Morgan fingerprint density at radius 2 is 2.03 bits per heavy atom. The van der Waals surface area contributed by atoms with Gasteiger partial charge in [0.05, 0.1) is 36.7 Å². The number of hydrogen-bond acceptors (Lipinski definition) is 6. The molecule has 3 N–H and O–H groups in total. The zero-order valence-corrected chi connectivity index (χ0v) is 17.8. The summed E-state index contributed by atoms with van der Waals surface area (Å²) in [6.07, 6.45) is 7.14.